The molecule has 0 aliphatic heterocycles. The molecule has 0 aliphatic rings. The first-order chi connectivity index (χ1) is 4.20. The third-order valence-corrected chi connectivity index (χ3v) is 2.23. The SMILES string of the molecule is CCC(=CP(C)C)CC. The maximum atomic E-state index is 2.43. The van der Waals surface area contributed by atoms with Crippen molar-refractivity contribution in [1.82, 2.24) is 0 Å². The third-order valence-electron chi connectivity index (χ3n) is 1.35. The Labute approximate surface area is 60.1 Å². The number of hydrogen-bond donors (Lipinski definition) is 0. The standard InChI is InChI=1S/C8H17P/c1-5-8(6-2)7-9(3)4/h7H,5-6H2,1-4H3. The van der Waals surface area contributed by atoms with Crippen LogP contribution in [-0.4, -0.2) is 13.3 Å². The Morgan fingerprint density at radius 3 is 1.78 bits per heavy atom. The molecule has 0 atom stereocenters. The van der Waals surface area contributed by atoms with Crippen LogP contribution in [0.3, 0.4) is 0 Å². The molecule has 0 bridgehead atoms. The molecule has 0 rings (SSSR count). The lowest BCUT2D eigenvalue weighted by molar-refractivity contribution is 0.983. The topological polar surface area (TPSA) is 0 Å². The van der Waals surface area contributed by atoms with Gasteiger partial charge in [-0.05, 0) is 26.2 Å². The predicted octanol–water partition coefficient (Wildman–Crippen LogP) is 3.43. The molecule has 9 heavy (non-hydrogen) atoms. The molecule has 0 saturated heterocycles. The summed E-state index contributed by atoms with van der Waals surface area (Å²) in [7, 11) is 0.186. The second kappa shape index (κ2) is 4.99. The maximum Gasteiger partial charge on any atom is -0.0345 e. The Morgan fingerprint density at radius 2 is 1.67 bits per heavy atom. The fourth-order valence-corrected chi connectivity index (χ4v) is 1.89. The lowest BCUT2D eigenvalue weighted by atomic mass is 10.2. The maximum absolute atomic E-state index is 2.43. The van der Waals surface area contributed by atoms with Gasteiger partial charge in [-0.2, -0.15) is 0 Å². The minimum atomic E-state index is 0.186. The normalized spacial score (nSPS) is 9.89. The van der Waals surface area contributed by atoms with E-state index in [2.05, 4.69) is 33.0 Å². The molecular weight excluding hydrogens is 127 g/mol. The van der Waals surface area contributed by atoms with Crippen molar-refractivity contribution < 1.29 is 0 Å². The van der Waals surface area contributed by atoms with Gasteiger partial charge in [-0.3, -0.25) is 0 Å². The van der Waals surface area contributed by atoms with E-state index in [1.807, 2.05) is 0 Å². The van der Waals surface area contributed by atoms with Crippen LogP contribution in [0.5, 0.6) is 0 Å². The molecule has 0 spiro atoms. The zero-order chi connectivity index (χ0) is 7.28. The van der Waals surface area contributed by atoms with E-state index in [-0.39, 0.29) is 7.92 Å². The first-order valence-corrected chi connectivity index (χ1v) is 5.87. The highest BCUT2D eigenvalue weighted by Crippen LogP contribution is 2.29. The predicted molar refractivity (Wildman–Crippen MR) is 47.4 cm³/mol. The molecule has 0 nitrogen and oxygen atoms in total. The molecule has 0 aliphatic carbocycles. The van der Waals surface area contributed by atoms with E-state index >= 15 is 0 Å². The van der Waals surface area contributed by atoms with Crippen LogP contribution in [0.1, 0.15) is 26.7 Å². The van der Waals surface area contributed by atoms with E-state index in [4.69, 9.17) is 0 Å². The van der Waals surface area contributed by atoms with Gasteiger partial charge in [0.1, 0.15) is 0 Å². The summed E-state index contributed by atoms with van der Waals surface area (Å²) in [6.07, 6.45) is 2.47. The van der Waals surface area contributed by atoms with Crippen molar-refractivity contribution in [3.63, 3.8) is 0 Å². The molecule has 0 aromatic rings. The molecule has 0 heterocycles. The van der Waals surface area contributed by atoms with Crippen molar-refractivity contribution in [3.8, 4) is 0 Å². The van der Waals surface area contributed by atoms with Gasteiger partial charge in [0.15, 0.2) is 0 Å². The smallest absolute Gasteiger partial charge is 0.0345 e. The van der Waals surface area contributed by atoms with Crippen molar-refractivity contribution in [2.24, 2.45) is 0 Å². The number of rotatable bonds is 3. The summed E-state index contributed by atoms with van der Waals surface area (Å²) in [6.45, 7) is 9.05. The summed E-state index contributed by atoms with van der Waals surface area (Å²) in [6, 6.07) is 0. The summed E-state index contributed by atoms with van der Waals surface area (Å²) in [5, 5.41) is 0. The summed E-state index contributed by atoms with van der Waals surface area (Å²) >= 11 is 0. The van der Waals surface area contributed by atoms with Crippen LogP contribution in [0.4, 0.5) is 0 Å². The molecule has 1 heteroatoms. The van der Waals surface area contributed by atoms with Crippen LogP contribution in [0, 0.1) is 0 Å². The molecule has 0 radical (unpaired) electrons. The van der Waals surface area contributed by atoms with Gasteiger partial charge < -0.3 is 0 Å². The average molecular weight is 144 g/mol. The molecule has 0 aromatic heterocycles. The summed E-state index contributed by atoms with van der Waals surface area (Å²) in [5.41, 5.74) is 1.62. The Hall–Kier alpha value is 0.170. The Kier molecular flexibility index (Phi) is 5.09. The largest absolute Gasteiger partial charge is 0.0897 e. The van der Waals surface area contributed by atoms with Gasteiger partial charge in [-0.1, -0.05) is 33.2 Å². The van der Waals surface area contributed by atoms with Crippen molar-refractivity contribution >= 4 is 7.92 Å². The fourth-order valence-electron chi connectivity index (χ4n) is 0.798. The molecule has 54 valence electrons. The van der Waals surface area contributed by atoms with Crippen LogP contribution in [-0.2, 0) is 0 Å². The quantitative estimate of drug-likeness (QED) is 0.532. The van der Waals surface area contributed by atoms with Crippen molar-refractivity contribution in [1.29, 1.82) is 0 Å². The molecule has 0 aromatic carbocycles. The van der Waals surface area contributed by atoms with Crippen LogP contribution in [0.25, 0.3) is 0 Å². The van der Waals surface area contributed by atoms with Crippen molar-refractivity contribution in [2.75, 3.05) is 13.3 Å². The van der Waals surface area contributed by atoms with E-state index < -0.39 is 0 Å². The van der Waals surface area contributed by atoms with Gasteiger partial charge in [-0.25, -0.2) is 0 Å². The molecule has 0 unspecified atom stereocenters. The first-order valence-electron chi connectivity index (χ1n) is 3.56. The second-order valence-electron chi connectivity index (χ2n) is 2.46. The Bertz CT molecular complexity index is 86.7. The lowest BCUT2D eigenvalue weighted by Gasteiger charge is -2.01. The van der Waals surface area contributed by atoms with E-state index in [0.29, 0.717) is 0 Å². The minimum Gasteiger partial charge on any atom is -0.0897 e. The van der Waals surface area contributed by atoms with Crippen LogP contribution < -0.4 is 0 Å². The summed E-state index contributed by atoms with van der Waals surface area (Å²) in [5.74, 6) is 2.43. The van der Waals surface area contributed by atoms with Crippen molar-refractivity contribution in [3.05, 3.63) is 11.4 Å². The fraction of sp³-hybridized carbons (Fsp3) is 0.750. The summed E-state index contributed by atoms with van der Waals surface area (Å²) in [4.78, 5) is 0. The van der Waals surface area contributed by atoms with Gasteiger partial charge in [0, 0.05) is 0 Å². The minimum absolute atomic E-state index is 0.186. The average Bonchev–Trinajstić information content (AvgIpc) is 1.82. The van der Waals surface area contributed by atoms with E-state index in [0.717, 1.165) is 0 Å². The monoisotopic (exact) mass is 144 g/mol. The van der Waals surface area contributed by atoms with E-state index in [9.17, 15) is 0 Å². The van der Waals surface area contributed by atoms with Gasteiger partial charge >= 0.3 is 0 Å². The molecule has 0 N–H and O–H groups in total. The number of allylic oxidation sites excluding steroid dienone is 1. The van der Waals surface area contributed by atoms with Crippen LogP contribution in [0.15, 0.2) is 11.4 Å². The zero-order valence-electron chi connectivity index (χ0n) is 6.94. The third kappa shape index (κ3) is 4.66. The molecular formula is C8H17P. The molecule has 0 saturated carbocycles. The highest BCUT2D eigenvalue weighted by atomic mass is 31.1. The van der Waals surface area contributed by atoms with E-state index in [1.165, 1.54) is 12.8 Å². The van der Waals surface area contributed by atoms with Crippen molar-refractivity contribution in [2.45, 2.75) is 26.7 Å². The molecule has 0 amide bonds. The highest BCUT2D eigenvalue weighted by molar-refractivity contribution is 7.59. The van der Waals surface area contributed by atoms with Crippen LogP contribution >= 0.6 is 7.92 Å². The first kappa shape index (κ1) is 9.17. The Balaban J connectivity index is 3.75. The second-order valence-corrected chi connectivity index (χ2v) is 4.64. The van der Waals surface area contributed by atoms with Crippen LogP contribution in [0.2, 0.25) is 0 Å². The van der Waals surface area contributed by atoms with Gasteiger partial charge in [-0.15, -0.1) is 0 Å². The number of hydrogen-bond acceptors (Lipinski definition) is 0. The highest BCUT2D eigenvalue weighted by Gasteiger charge is 1.90. The summed E-state index contributed by atoms with van der Waals surface area (Å²) < 4.78 is 0. The van der Waals surface area contributed by atoms with Gasteiger partial charge in [0.25, 0.3) is 0 Å². The van der Waals surface area contributed by atoms with E-state index in [1.54, 1.807) is 5.57 Å². The lowest BCUT2D eigenvalue weighted by Crippen LogP contribution is -1.75. The van der Waals surface area contributed by atoms with Gasteiger partial charge in [0.2, 0.25) is 0 Å². The Morgan fingerprint density at radius 1 is 1.22 bits per heavy atom. The van der Waals surface area contributed by atoms with Gasteiger partial charge in [0.05, 0.1) is 0 Å². The zero-order valence-corrected chi connectivity index (χ0v) is 7.83. The molecule has 0 fully saturated rings.